The predicted molar refractivity (Wildman–Crippen MR) is 90.1 cm³/mol. The molecule has 0 spiro atoms. The van der Waals surface area contributed by atoms with Crippen molar-refractivity contribution < 1.29 is 24.8 Å². The Kier molecular flexibility index (Phi) is 7.14. The van der Waals surface area contributed by atoms with Gasteiger partial charge in [-0.25, -0.2) is 4.68 Å². The molecule has 0 amide bonds. The molecule has 6 N–H and O–H groups in total. The molecule has 11 nitrogen and oxygen atoms in total. The zero-order valence-corrected chi connectivity index (χ0v) is 14.9. The van der Waals surface area contributed by atoms with Crippen LogP contribution in [0.5, 0.6) is 0 Å². The van der Waals surface area contributed by atoms with Crippen LogP contribution in [0.1, 0.15) is 11.7 Å². The third kappa shape index (κ3) is 4.50. The summed E-state index contributed by atoms with van der Waals surface area (Å²) >= 11 is 5.66. The van der Waals surface area contributed by atoms with E-state index in [1.807, 2.05) is 0 Å². The number of hydrogen-bond acceptors (Lipinski definition) is 10. The summed E-state index contributed by atoms with van der Waals surface area (Å²) in [5.74, 6) is 0.239. The number of rotatable bonds is 8. The summed E-state index contributed by atoms with van der Waals surface area (Å²) in [7, 11) is 0. The van der Waals surface area contributed by atoms with Crippen LogP contribution in [-0.2, 0) is 16.0 Å². The average Bonchev–Trinajstić information content (AvgIpc) is 3.32. The maximum atomic E-state index is 10.5. The monoisotopic (exact) mass is 392 g/mol. The molecule has 0 unspecified atom stereocenters. The minimum Gasteiger partial charge on any atom is -0.394 e. The minimum absolute atomic E-state index is 0.00990. The Hall–Kier alpha value is -0.890. The van der Waals surface area contributed by atoms with Gasteiger partial charge in [-0.2, -0.15) is 0 Å². The Labute approximate surface area is 155 Å². The molecule has 3 heterocycles. The fourth-order valence-electron chi connectivity index (χ4n) is 3.04. The van der Waals surface area contributed by atoms with E-state index in [1.165, 1.54) is 4.68 Å². The Bertz CT molecular complexity index is 560. The molecule has 0 bridgehead atoms. The summed E-state index contributed by atoms with van der Waals surface area (Å²) in [6, 6.07) is -0.819. The molecule has 1 aromatic heterocycles. The fraction of sp³-hybridized carbons (Fsp3) is 0.857. The summed E-state index contributed by atoms with van der Waals surface area (Å²) in [5.41, 5.74) is 0.655. The van der Waals surface area contributed by atoms with E-state index < -0.39 is 37.3 Å². The zero-order valence-electron chi connectivity index (χ0n) is 14.2. The second-order valence-electron chi connectivity index (χ2n) is 6.17. The predicted octanol–water partition coefficient (Wildman–Crippen LogP) is -2.92. The van der Waals surface area contributed by atoms with Crippen LogP contribution in [0.15, 0.2) is 6.20 Å². The van der Waals surface area contributed by atoms with E-state index in [-0.39, 0.29) is 18.8 Å². The molecule has 5 atom stereocenters. The maximum Gasteiger partial charge on any atom is 0.183 e. The largest absolute Gasteiger partial charge is 0.394 e. The molecule has 1 aromatic rings. The molecule has 2 saturated heterocycles. The molecule has 12 heteroatoms. The number of alkyl halides is 1. The lowest BCUT2D eigenvalue weighted by Gasteiger charge is -2.41. The number of nitrogens with zero attached hydrogens (tertiary/aromatic N) is 3. The third-order valence-corrected chi connectivity index (χ3v) is 4.53. The highest BCUT2D eigenvalue weighted by Gasteiger charge is 2.46. The first-order valence-corrected chi connectivity index (χ1v) is 9.08. The van der Waals surface area contributed by atoms with Gasteiger partial charge in [0.2, 0.25) is 0 Å². The van der Waals surface area contributed by atoms with E-state index in [0.29, 0.717) is 12.2 Å². The van der Waals surface area contributed by atoms with E-state index in [4.69, 9.17) is 21.1 Å². The smallest absolute Gasteiger partial charge is 0.183 e. The highest BCUT2D eigenvalue weighted by atomic mass is 35.5. The van der Waals surface area contributed by atoms with Crippen molar-refractivity contribution in [2.24, 2.45) is 0 Å². The van der Waals surface area contributed by atoms with Crippen molar-refractivity contribution in [1.82, 2.24) is 30.9 Å². The van der Waals surface area contributed by atoms with Gasteiger partial charge in [0.15, 0.2) is 6.29 Å². The van der Waals surface area contributed by atoms with Gasteiger partial charge in [-0.15, -0.1) is 16.7 Å². The molecule has 0 aliphatic carbocycles. The maximum absolute atomic E-state index is 10.5. The van der Waals surface area contributed by atoms with Gasteiger partial charge >= 0.3 is 0 Å². The fourth-order valence-corrected chi connectivity index (χ4v) is 3.13. The Morgan fingerprint density at radius 1 is 1.35 bits per heavy atom. The summed E-state index contributed by atoms with van der Waals surface area (Å²) in [6.07, 6.45) is -2.74. The topological polar surface area (TPSA) is 146 Å². The summed E-state index contributed by atoms with van der Waals surface area (Å²) < 4.78 is 12.5. The first kappa shape index (κ1) is 19.9. The van der Waals surface area contributed by atoms with Crippen molar-refractivity contribution in [3.63, 3.8) is 0 Å². The number of aliphatic hydroxyl groups excluding tert-OH is 3. The molecule has 26 heavy (non-hydrogen) atoms. The van der Waals surface area contributed by atoms with Crippen LogP contribution in [0.25, 0.3) is 0 Å². The van der Waals surface area contributed by atoms with Crippen LogP contribution < -0.4 is 16.0 Å². The van der Waals surface area contributed by atoms with E-state index in [1.54, 1.807) is 6.20 Å². The van der Waals surface area contributed by atoms with Gasteiger partial charge < -0.3 is 24.8 Å². The molecule has 0 saturated carbocycles. The standard InChI is InChI=1S/C14H25ClN6O5/c15-1-4-25-13-10(12(24)11(23)9(7-22)26-13)21-6-8(19-20-21)5-18-14-16-2-3-17-14/h6,9-14,16-18,22-24H,1-5,7H2/t9-,10+,11-,12-,13+/m1/s1. The first-order valence-electron chi connectivity index (χ1n) is 8.55. The van der Waals surface area contributed by atoms with E-state index in [0.717, 1.165) is 13.1 Å². The highest BCUT2D eigenvalue weighted by Crippen LogP contribution is 2.30. The van der Waals surface area contributed by atoms with Crippen LogP contribution in [0, 0.1) is 0 Å². The van der Waals surface area contributed by atoms with Gasteiger partial charge in [-0.3, -0.25) is 16.0 Å². The highest BCUT2D eigenvalue weighted by molar-refractivity contribution is 6.17. The molecule has 0 radical (unpaired) electrons. The van der Waals surface area contributed by atoms with Crippen molar-refractivity contribution in [3.05, 3.63) is 11.9 Å². The molecular formula is C14H25ClN6O5. The average molecular weight is 393 g/mol. The number of aromatic nitrogens is 3. The number of hydrogen-bond donors (Lipinski definition) is 6. The molecule has 2 aliphatic rings. The SMILES string of the molecule is OC[C@H]1O[C@H](OCCCl)[C@@H](n2cc(CNC3NCCN3)nn2)[C@@H](O)[C@@H]1O. The minimum atomic E-state index is -1.28. The van der Waals surface area contributed by atoms with E-state index >= 15 is 0 Å². The Balaban J connectivity index is 1.69. The van der Waals surface area contributed by atoms with Crippen molar-refractivity contribution in [1.29, 1.82) is 0 Å². The molecule has 0 aromatic carbocycles. The number of ether oxygens (including phenoxy) is 2. The molecule has 148 valence electrons. The lowest BCUT2D eigenvalue weighted by atomic mass is 9.97. The first-order chi connectivity index (χ1) is 12.6. The van der Waals surface area contributed by atoms with E-state index in [2.05, 4.69) is 26.3 Å². The second-order valence-corrected chi connectivity index (χ2v) is 6.55. The summed E-state index contributed by atoms with van der Waals surface area (Å²) in [6.45, 7) is 1.98. The van der Waals surface area contributed by atoms with Gasteiger partial charge in [0.25, 0.3) is 0 Å². The van der Waals surface area contributed by atoms with Gasteiger partial charge in [-0.05, 0) is 0 Å². The van der Waals surface area contributed by atoms with Crippen LogP contribution in [0.2, 0.25) is 0 Å². The van der Waals surface area contributed by atoms with Crippen molar-refractivity contribution in [2.45, 2.75) is 43.5 Å². The van der Waals surface area contributed by atoms with Gasteiger partial charge in [0.1, 0.15) is 30.6 Å². The molecule has 2 aliphatic heterocycles. The molecule has 2 fully saturated rings. The third-order valence-electron chi connectivity index (χ3n) is 4.38. The van der Waals surface area contributed by atoms with Crippen molar-refractivity contribution in [3.8, 4) is 0 Å². The number of halogens is 1. The van der Waals surface area contributed by atoms with Gasteiger partial charge in [0.05, 0.1) is 25.1 Å². The van der Waals surface area contributed by atoms with Crippen LogP contribution in [-0.4, -0.2) is 93.4 Å². The van der Waals surface area contributed by atoms with Crippen molar-refractivity contribution >= 4 is 11.6 Å². The van der Waals surface area contributed by atoms with Crippen LogP contribution >= 0.6 is 11.6 Å². The Morgan fingerprint density at radius 2 is 2.12 bits per heavy atom. The van der Waals surface area contributed by atoms with Gasteiger partial charge in [0, 0.05) is 25.5 Å². The quantitative estimate of drug-likeness (QED) is 0.254. The summed E-state index contributed by atoms with van der Waals surface area (Å²) in [4.78, 5) is 0. The zero-order chi connectivity index (χ0) is 18.5. The molecule has 3 rings (SSSR count). The van der Waals surface area contributed by atoms with E-state index in [9.17, 15) is 15.3 Å². The van der Waals surface area contributed by atoms with Crippen LogP contribution in [0.3, 0.4) is 0 Å². The summed E-state index contributed by atoms with van der Waals surface area (Å²) in [5, 5.41) is 47.8. The lowest BCUT2D eigenvalue weighted by Crippen LogP contribution is -2.57. The Morgan fingerprint density at radius 3 is 2.81 bits per heavy atom. The number of nitrogens with one attached hydrogen (secondary N) is 3. The lowest BCUT2D eigenvalue weighted by molar-refractivity contribution is -0.280. The normalized spacial score (nSPS) is 33.0. The van der Waals surface area contributed by atoms with Gasteiger partial charge in [-0.1, -0.05) is 5.21 Å². The van der Waals surface area contributed by atoms with Crippen LogP contribution in [0.4, 0.5) is 0 Å². The number of aliphatic hydroxyl groups is 3. The molecular weight excluding hydrogens is 368 g/mol. The van der Waals surface area contributed by atoms with Crippen molar-refractivity contribution in [2.75, 3.05) is 32.2 Å². The second kappa shape index (κ2) is 9.35.